The Morgan fingerprint density at radius 1 is 1.08 bits per heavy atom. The van der Waals surface area contributed by atoms with Gasteiger partial charge in [-0.15, -0.1) is 0 Å². The van der Waals surface area contributed by atoms with Crippen molar-refractivity contribution < 1.29 is 15.3 Å². The lowest BCUT2D eigenvalue weighted by Crippen LogP contribution is -2.42. The highest BCUT2D eigenvalue weighted by Gasteiger charge is 2.30. The molecule has 4 heteroatoms. The number of piperidine rings is 1. The van der Waals surface area contributed by atoms with E-state index in [2.05, 4.69) is 4.90 Å². The Morgan fingerprint density at radius 2 is 1.65 bits per heavy atom. The van der Waals surface area contributed by atoms with Gasteiger partial charge in [0, 0.05) is 5.41 Å². The Kier molecular flexibility index (Phi) is 7.26. The van der Waals surface area contributed by atoms with E-state index >= 15 is 0 Å². The van der Waals surface area contributed by atoms with Crippen LogP contribution in [0.4, 0.5) is 0 Å². The van der Waals surface area contributed by atoms with Crippen LogP contribution in [0.25, 0.3) is 0 Å². The van der Waals surface area contributed by atoms with E-state index in [9.17, 15) is 15.3 Å². The number of likely N-dealkylation sites (tertiary alicyclic amines) is 1. The zero-order valence-electron chi connectivity index (χ0n) is 16.9. The van der Waals surface area contributed by atoms with Crippen molar-refractivity contribution in [2.75, 3.05) is 26.2 Å². The molecule has 0 bridgehead atoms. The van der Waals surface area contributed by atoms with Crippen LogP contribution in [0.2, 0.25) is 0 Å². The highest BCUT2D eigenvalue weighted by Crippen LogP contribution is 2.29. The van der Waals surface area contributed by atoms with Gasteiger partial charge in [-0.1, -0.05) is 38.1 Å². The fourth-order valence-corrected chi connectivity index (χ4v) is 3.79. The molecular weight excluding hydrogens is 326 g/mol. The molecule has 1 aliphatic heterocycles. The average molecular weight is 364 g/mol. The summed E-state index contributed by atoms with van der Waals surface area (Å²) in [5, 5.41) is 30.0. The Labute approximate surface area is 158 Å². The van der Waals surface area contributed by atoms with Crippen LogP contribution in [-0.2, 0) is 5.41 Å². The standard InChI is InChI=1S/C22H37NO3/c1-21(2,16-24)18-9-7-17(8-10-18)20(25)6-5-13-23-14-11-19(12-15-23)22(3,4)26/h7-10,19-20,24-26H,5-6,11-16H2,1-4H3. The van der Waals surface area contributed by atoms with Gasteiger partial charge in [-0.2, -0.15) is 0 Å². The van der Waals surface area contributed by atoms with Gasteiger partial charge in [-0.3, -0.25) is 0 Å². The summed E-state index contributed by atoms with van der Waals surface area (Å²) in [6.07, 6.45) is 3.39. The van der Waals surface area contributed by atoms with Crippen LogP contribution in [0.5, 0.6) is 0 Å². The van der Waals surface area contributed by atoms with E-state index in [1.165, 1.54) is 0 Å². The molecule has 1 atom stereocenters. The first-order chi connectivity index (χ1) is 12.1. The van der Waals surface area contributed by atoms with Gasteiger partial charge in [0.25, 0.3) is 0 Å². The molecule has 1 unspecified atom stereocenters. The molecule has 0 radical (unpaired) electrons. The van der Waals surface area contributed by atoms with Crippen LogP contribution < -0.4 is 0 Å². The number of hydrogen-bond acceptors (Lipinski definition) is 4. The van der Waals surface area contributed by atoms with E-state index in [4.69, 9.17) is 0 Å². The molecule has 3 N–H and O–H groups in total. The number of nitrogens with zero attached hydrogens (tertiary/aromatic N) is 1. The summed E-state index contributed by atoms with van der Waals surface area (Å²) in [6.45, 7) is 11.0. The maximum atomic E-state index is 10.4. The van der Waals surface area contributed by atoms with E-state index in [1.54, 1.807) is 0 Å². The lowest BCUT2D eigenvalue weighted by atomic mass is 9.83. The van der Waals surface area contributed by atoms with Crippen molar-refractivity contribution in [3.63, 3.8) is 0 Å². The number of aliphatic hydroxyl groups excluding tert-OH is 2. The fraction of sp³-hybridized carbons (Fsp3) is 0.727. The fourth-order valence-electron chi connectivity index (χ4n) is 3.79. The van der Waals surface area contributed by atoms with Crippen LogP contribution in [0, 0.1) is 5.92 Å². The van der Waals surface area contributed by atoms with Crippen molar-refractivity contribution in [3.05, 3.63) is 35.4 Å². The van der Waals surface area contributed by atoms with Crippen molar-refractivity contribution in [1.29, 1.82) is 0 Å². The third-order valence-electron chi connectivity index (χ3n) is 6.01. The molecule has 1 aromatic carbocycles. The van der Waals surface area contributed by atoms with E-state index in [0.29, 0.717) is 5.92 Å². The third kappa shape index (κ3) is 5.78. The van der Waals surface area contributed by atoms with E-state index < -0.39 is 11.7 Å². The molecule has 0 amide bonds. The normalized spacial score (nSPS) is 18.9. The van der Waals surface area contributed by atoms with Crippen molar-refractivity contribution in [1.82, 2.24) is 4.90 Å². The van der Waals surface area contributed by atoms with E-state index in [1.807, 2.05) is 52.0 Å². The van der Waals surface area contributed by atoms with Crippen LogP contribution >= 0.6 is 0 Å². The van der Waals surface area contributed by atoms with Gasteiger partial charge in [0.15, 0.2) is 0 Å². The number of aliphatic hydroxyl groups is 3. The van der Waals surface area contributed by atoms with Gasteiger partial charge < -0.3 is 20.2 Å². The second-order valence-electron chi connectivity index (χ2n) is 9.09. The molecule has 26 heavy (non-hydrogen) atoms. The minimum Gasteiger partial charge on any atom is -0.395 e. The second-order valence-corrected chi connectivity index (χ2v) is 9.09. The summed E-state index contributed by atoms with van der Waals surface area (Å²) in [5.41, 5.74) is 1.21. The molecule has 0 spiro atoms. The molecule has 1 heterocycles. The van der Waals surface area contributed by atoms with Crippen LogP contribution in [-0.4, -0.2) is 52.1 Å². The number of rotatable bonds is 8. The van der Waals surface area contributed by atoms with Gasteiger partial charge in [-0.25, -0.2) is 0 Å². The minimum atomic E-state index is -0.570. The van der Waals surface area contributed by atoms with Gasteiger partial charge in [0.1, 0.15) is 0 Å². The molecule has 1 aromatic rings. The Bertz CT molecular complexity index is 540. The second kappa shape index (κ2) is 8.83. The van der Waals surface area contributed by atoms with Crippen LogP contribution in [0.3, 0.4) is 0 Å². The summed E-state index contributed by atoms with van der Waals surface area (Å²) in [5.74, 6) is 0.394. The zero-order chi connectivity index (χ0) is 19.4. The molecule has 1 saturated heterocycles. The predicted molar refractivity (Wildman–Crippen MR) is 106 cm³/mol. The highest BCUT2D eigenvalue weighted by atomic mass is 16.3. The van der Waals surface area contributed by atoms with Crippen molar-refractivity contribution in [3.8, 4) is 0 Å². The molecule has 0 aromatic heterocycles. The molecule has 4 nitrogen and oxygen atoms in total. The van der Waals surface area contributed by atoms with Gasteiger partial charge in [-0.05, 0) is 76.2 Å². The summed E-state index contributed by atoms with van der Waals surface area (Å²) >= 11 is 0. The summed E-state index contributed by atoms with van der Waals surface area (Å²) in [7, 11) is 0. The third-order valence-corrected chi connectivity index (χ3v) is 6.01. The molecule has 1 aliphatic rings. The van der Waals surface area contributed by atoms with Gasteiger partial charge >= 0.3 is 0 Å². The average Bonchev–Trinajstić information content (AvgIpc) is 2.61. The van der Waals surface area contributed by atoms with E-state index in [-0.39, 0.29) is 12.0 Å². The van der Waals surface area contributed by atoms with E-state index in [0.717, 1.165) is 56.4 Å². The Balaban J connectivity index is 1.75. The molecule has 0 saturated carbocycles. The summed E-state index contributed by atoms with van der Waals surface area (Å²) in [6, 6.07) is 7.98. The first kappa shape index (κ1) is 21.4. The zero-order valence-corrected chi connectivity index (χ0v) is 16.9. The SMILES string of the molecule is CC(C)(CO)c1ccc(C(O)CCCN2CCC(C(C)(C)O)CC2)cc1. The Hall–Kier alpha value is -0.940. The van der Waals surface area contributed by atoms with Crippen LogP contribution in [0.15, 0.2) is 24.3 Å². The highest BCUT2D eigenvalue weighted by molar-refractivity contribution is 5.29. The van der Waals surface area contributed by atoms with Crippen molar-refractivity contribution in [2.45, 2.75) is 70.5 Å². The number of benzene rings is 1. The van der Waals surface area contributed by atoms with Crippen molar-refractivity contribution >= 4 is 0 Å². The minimum absolute atomic E-state index is 0.110. The van der Waals surface area contributed by atoms with Crippen LogP contribution in [0.1, 0.15) is 70.6 Å². The molecular formula is C22H37NO3. The summed E-state index contributed by atoms with van der Waals surface area (Å²) in [4.78, 5) is 2.45. The van der Waals surface area contributed by atoms with Gasteiger partial charge in [0.2, 0.25) is 0 Å². The lowest BCUT2D eigenvalue weighted by molar-refractivity contribution is -0.0130. The molecule has 2 rings (SSSR count). The summed E-state index contributed by atoms with van der Waals surface area (Å²) < 4.78 is 0. The Morgan fingerprint density at radius 3 is 2.15 bits per heavy atom. The molecule has 0 aliphatic carbocycles. The van der Waals surface area contributed by atoms with Crippen molar-refractivity contribution in [2.24, 2.45) is 5.92 Å². The maximum Gasteiger partial charge on any atom is 0.0790 e. The molecule has 1 fully saturated rings. The first-order valence-corrected chi connectivity index (χ1v) is 9.97. The van der Waals surface area contributed by atoms with Gasteiger partial charge in [0.05, 0.1) is 18.3 Å². The largest absolute Gasteiger partial charge is 0.395 e. The monoisotopic (exact) mass is 363 g/mol. The lowest BCUT2D eigenvalue weighted by Gasteiger charge is -2.37. The topological polar surface area (TPSA) is 63.9 Å². The smallest absolute Gasteiger partial charge is 0.0790 e. The molecule has 148 valence electrons. The predicted octanol–water partition coefficient (Wildman–Crippen LogP) is 3.25. The number of hydrogen-bond donors (Lipinski definition) is 3. The maximum absolute atomic E-state index is 10.4. The quantitative estimate of drug-likeness (QED) is 0.663. The first-order valence-electron chi connectivity index (χ1n) is 9.97.